The monoisotopic (exact) mass is 2100 g/mol. The predicted molar refractivity (Wildman–Crippen MR) is 524 cm³/mol. The van der Waals surface area contributed by atoms with E-state index in [2.05, 4.69) is 68.3 Å². The molecule has 4 aromatic heterocycles. The van der Waals surface area contributed by atoms with Crippen molar-refractivity contribution in [2.75, 3.05) is 247 Å². The zero-order chi connectivity index (χ0) is 107. The van der Waals surface area contributed by atoms with Crippen molar-refractivity contribution in [1.29, 1.82) is 0 Å². The van der Waals surface area contributed by atoms with Crippen LogP contribution in [-0.4, -0.2) is 410 Å². The zero-order valence-electron chi connectivity index (χ0n) is 83.6. The number of rotatable bonds is 74. The number of imidazole rings is 2. The smallest absolute Gasteiger partial charge is 0.328 e. The number of aromatic nitrogens is 8. The van der Waals surface area contributed by atoms with Gasteiger partial charge in [0.2, 0.25) is 76.9 Å². The van der Waals surface area contributed by atoms with E-state index in [4.69, 9.17) is 82.6 Å². The Hall–Kier alpha value is -13.9. The molecule has 814 valence electrons. The predicted octanol–water partition coefficient (Wildman–Crippen LogP) is -3.91. The molecule has 0 saturated carbocycles. The lowest BCUT2D eigenvalue weighted by molar-refractivity contribution is -0.147. The molecule has 0 aliphatic carbocycles. The van der Waals surface area contributed by atoms with Crippen LogP contribution in [0.15, 0.2) is 60.7 Å². The van der Waals surface area contributed by atoms with Crippen molar-refractivity contribution in [3.63, 3.8) is 0 Å². The summed E-state index contributed by atoms with van der Waals surface area (Å²) >= 11 is 0. The number of anilines is 2. The average molecular weight is 2110 g/mol. The van der Waals surface area contributed by atoms with Crippen LogP contribution in [0.25, 0.3) is 22.1 Å². The highest BCUT2D eigenvalue weighted by molar-refractivity contribution is 7.85. The van der Waals surface area contributed by atoms with E-state index in [1.807, 2.05) is 18.7 Å². The maximum absolute atomic E-state index is 14.1. The number of allylic oxidation sites excluding steroid dienone is 2. The van der Waals surface area contributed by atoms with Crippen LogP contribution < -0.4 is 74.1 Å². The van der Waals surface area contributed by atoms with Gasteiger partial charge in [0.1, 0.15) is 52.5 Å². The first-order valence-corrected chi connectivity index (χ1v) is 49.6. The number of primary amides is 2. The Kier molecular flexibility index (Phi) is 51.8. The number of imide groups is 1. The van der Waals surface area contributed by atoms with Crippen LogP contribution in [0.1, 0.15) is 106 Å². The summed E-state index contributed by atoms with van der Waals surface area (Å²) in [7, 11) is -2.61. The molecule has 0 bridgehead atoms. The summed E-state index contributed by atoms with van der Waals surface area (Å²) in [4.78, 5) is 219. The molecule has 55 nitrogen and oxygen atoms in total. The number of esters is 1. The molecule has 0 spiro atoms. The lowest BCUT2D eigenvalue weighted by Gasteiger charge is -2.34. The van der Waals surface area contributed by atoms with Crippen LogP contribution in [0.2, 0.25) is 0 Å². The Labute approximate surface area is 851 Å². The topological polar surface area (TPSA) is 701 Å². The number of piperazine rings is 1. The highest BCUT2D eigenvalue weighted by Gasteiger charge is 2.32. The number of benzene rings is 2. The van der Waals surface area contributed by atoms with Crippen molar-refractivity contribution in [1.82, 2.24) is 95.9 Å². The second-order valence-electron chi connectivity index (χ2n) is 32.9. The highest BCUT2D eigenvalue weighted by atomic mass is 32.2. The molecule has 2 aliphatic rings. The van der Waals surface area contributed by atoms with E-state index >= 15 is 0 Å². The molecule has 1 saturated heterocycles. The molecule has 0 radical (unpaired) electrons. The Morgan fingerprint density at radius 1 is 0.480 bits per heavy atom. The molecule has 6 heterocycles. The maximum atomic E-state index is 14.1. The SMILES string of the molecule is CCn1nc(C)cc1C(=O)Nc1nc2cc(C(N)=O)cc(OC)c2n1C/C=C/Cn1c(NC(=O)c2cc(C)nn2CC)nc2cc(C(N)=O)cc(OCCCOC(=O)[C@H](C)NC(=O)CCOCCOCCNC(=O)CC[C@H](NC(=O)CN3C(=O)C=CC3=O)C(=O)NCC(=O)NCC(=O)NCC(=O)NCC(=O)NCCOCCOCCOCCOCCOCCOCCOCCOCCC(=O)N3CCN(CCS(=O)(=O)O)CC3)c21. The molecule has 56 heteroatoms. The summed E-state index contributed by atoms with van der Waals surface area (Å²) in [5.74, 6) is -10.9. The van der Waals surface area contributed by atoms with Crippen molar-refractivity contribution in [2.24, 2.45) is 11.5 Å². The van der Waals surface area contributed by atoms with Gasteiger partial charge in [-0.05, 0) is 77.4 Å². The van der Waals surface area contributed by atoms with Gasteiger partial charge in [-0.2, -0.15) is 18.6 Å². The number of carbonyl (C=O) groups excluding carboxylic acids is 16. The van der Waals surface area contributed by atoms with E-state index in [-0.39, 0.29) is 200 Å². The van der Waals surface area contributed by atoms with E-state index < -0.39 is 144 Å². The Bertz CT molecular complexity index is 5640. The second kappa shape index (κ2) is 64.2. The van der Waals surface area contributed by atoms with Gasteiger partial charge in [-0.1, -0.05) is 12.2 Å². The van der Waals surface area contributed by atoms with Crippen molar-refractivity contribution in [3.8, 4) is 11.5 Å². The number of carbonyl (C=O) groups is 16. The van der Waals surface area contributed by atoms with Crippen LogP contribution in [-0.2, 0) is 146 Å². The van der Waals surface area contributed by atoms with Crippen molar-refractivity contribution < 1.29 is 151 Å². The standard InChI is InChI=1S/C92H133N23O32S/c1-7-114-69(50-61(3)107-114)88(129)105-91-103-67-52-64(85(93)126)54-71(135-6)83(67)111(91)20-9-10-21-112-84-68(104-92(112)106-89(130)70-51-62(4)108-115(70)8-2)53-65(86(94)127)55-72(84)146-27-11-28-147-90(131)63(5)101-74(117)16-29-136-33-35-138-31-18-95-73(116)13-12-66(102-79(122)60-113-81(124)14-15-82(113)125)87(128)100-59-78(121)99-58-77(120)98-57-76(119)97-56-75(118)96-19-32-139-36-38-141-40-42-143-44-46-145-48-47-144-45-43-142-41-39-140-37-34-137-30-17-80(123)110-24-22-109(23-25-110)26-49-148(132,133)134/h9-10,14-15,50-55,63,66H,7-8,11-13,16-49,56-60H2,1-6H3,(H2,93,126)(H2,94,127)(H,95,116)(H,96,118)(H,97,119)(H,98,120)(H,99,121)(H,100,128)(H,101,117)(H,102,122)(H,103,105,129)(H,104,106,130)(H,132,133,134)/b10-9+/t63-,66-/m0/s1. The number of fused-ring (bicyclic) bond motifs is 2. The van der Waals surface area contributed by atoms with Gasteiger partial charge < -0.3 is 130 Å². The first-order chi connectivity index (χ1) is 71.1. The summed E-state index contributed by atoms with van der Waals surface area (Å²) in [6.07, 6.45) is 4.86. The largest absolute Gasteiger partial charge is 0.494 e. The number of hydrogen-bond acceptors (Lipinski definition) is 36. The lowest BCUT2D eigenvalue weighted by atomic mass is 10.1. The third-order valence-electron chi connectivity index (χ3n) is 21.7. The highest BCUT2D eigenvalue weighted by Crippen LogP contribution is 2.34. The van der Waals surface area contributed by atoms with Crippen molar-refractivity contribution in [2.45, 2.75) is 105 Å². The quantitative estimate of drug-likeness (QED) is 0.00570. The summed E-state index contributed by atoms with van der Waals surface area (Å²) in [6.45, 7) is 13.5. The minimum atomic E-state index is -4.02. The number of aryl methyl sites for hydroxylation is 4. The van der Waals surface area contributed by atoms with Crippen LogP contribution in [0.5, 0.6) is 11.5 Å². The van der Waals surface area contributed by atoms with Gasteiger partial charge in [-0.3, -0.25) is 106 Å². The maximum Gasteiger partial charge on any atom is 0.328 e. The number of nitrogens with one attached hydrogen (secondary N) is 10. The molecule has 2 aromatic carbocycles. The van der Waals surface area contributed by atoms with E-state index in [9.17, 15) is 85.1 Å². The van der Waals surface area contributed by atoms with Crippen molar-refractivity contribution in [3.05, 3.63) is 94.6 Å². The van der Waals surface area contributed by atoms with Gasteiger partial charge in [-0.15, -0.1) is 0 Å². The third kappa shape index (κ3) is 42.5. The fraction of sp³-hybridized carbons (Fsp3) is 0.565. The zero-order valence-corrected chi connectivity index (χ0v) is 84.4. The molecule has 0 unspecified atom stereocenters. The van der Waals surface area contributed by atoms with Gasteiger partial charge in [0.25, 0.3) is 33.7 Å². The molecular weight excluding hydrogens is 1970 g/mol. The molecule has 8 rings (SSSR count). The first-order valence-electron chi connectivity index (χ1n) is 48.0. The molecule has 2 atom stereocenters. The second-order valence-corrected chi connectivity index (χ2v) is 34.4. The fourth-order valence-corrected chi connectivity index (χ4v) is 14.7. The summed E-state index contributed by atoms with van der Waals surface area (Å²) in [5.41, 5.74) is 14.6. The van der Waals surface area contributed by atoms with Crippen LogP contribution in [0, 0.1) is 13.8 Å². The number of nitrogens with two attached hydrogens (primary N) is 2. The molecule has 1 fully saturated rings. The van der Waals surface area contributed by atoms with Gasteiger partial charge in [-0.25, -0.2) is 14.8 Å². The van der Waals surface area contributed by atoms with Crippen LogP contribution >= 0.6 is 0 Å². The minimum absolute atomic E-state index is 0.00477. The first kappa shape index (κ1) is 119. The number of methoxy groups -OCH3 is 1. The summed E-state index contributed by atoms with van der Waals surface area (Å²) < 4.78 is 110. The number of nitrogens with zero attached hydrogens (tertiary/aromatic N) is 11. The Morgan fingerprint density at radius 3 is 1.34 bits per heavy atom. The van der Waals surface area contributed by atoms with Crippen molar-refractivity contribution >= 4 is 139 Å². The van der Waals surface area contributed by atoms with Gasteiger partial charge in [0, 0.05) is 115 Å². The molecule has 2 aliphatic heterocycles. The number of ether oxygens (including phenoxy) is 13. The van der Waals surface area contributed by atoms with E-state index in [0.717, 1.165) is 12.2 Å². The number of amides is 15. The minimum Gasteiger partial charge on any atom is -0.494 e. The molecule has 6 aromatic rings. The van der Waals surface area contributed by atoms with Gasteiger partial charge in [0.15, 0.2) is 0 Å². The normalized spacial score (nSPS) is 13.1. The van der Waals surface area contributed by atoms with E-state index in [0.29, 0.717) is 146 Å². The molecule has 148 heavy (non-hydrogen) atoms. The Morgan fingerprint density at radius 2 is 0.899 bits per heavy atom. The van der Waals surface area contributed by atoms with Crippen LogP contribution in [0.4, 0.5) is 11.9 Å². The molecule has 15 N–H and O–H groups in total. The van der Waals surface area contributed by atoms with Gasteiger partial charge >= 0.3 is 5.97 Å². The van der Waals surface area contributed by atoms with Gasteiger partial charge in [0.05, 0.1) is 213 Å². The molecular formula is C92H133N23O32S. The van der Waals surface area contributed by atoms with Crippen LogP contribution in [0.3, 0.4) is 0 Å². The fourth-order valence-electron chi connectivity index (χ4n) is 14.2. The average Bonchev–Trinajstić information content (AvgIpc) is 1.62. The van der Waals surface area contributed by atoms with E-state index in [1.165, 1.54) is 43.0 Å². The molecule has 15 amide bonds. The van der Waals surface area contributed by atoms with E-state index in [1.54, 1.807) is 56.8 Å². The summed E-state index contributed by atoms with van der Waals surface area (Å²) in [5, 5.41) is 33.8. The third-order valence-corrected chi connectivity index (χ3v) is 22.4. The summed E-state index contributed by atoms with van der Waals surface area (Å²) in [6, 6.07) is 6.46. The lowest BCUT2D eigenvalue weighted by Crippen LogP contribution is -2.52. The Balaban J connectivity index is 0.637. The number of hydrogen-bond donors (Lipinski definition) is 13.